The lowest BCUT2D eigenvalue weighted by Crippen LogP contribution is -2.42. The van der Waals surface area contributed by atoms with Crippen LogP contribution in [0.1, 0.15) is 38.2 Å². The molecule has 148 valence electrons. The van der Waals surface area contributed by atoms with Gasteiger partial charge in [0.25, 0.3) is 5.91 Å². The van der Waals surface area contributed by atoms with Crippen LogP contribution in [0.25, 0.3) is 0 Å². The fraction of sp³-hybridized carbons (Fsp3) is 0.526. The van der Waals surface area contributed by atoms with Gasteiger partial charge >= 0.3 is 5.97 Å². The van der Waals surface area contributed by atoms with Crippen LogP contribution in [0.3, 0.4) is 0 Å². The second kappa shape index (κ2) is 9.25. The van der Waals surface area contributed by atoms with E-state index in [1.165, 1.54) is 7.11 Å². The van der Waals surface area contributed by atoms with Gasteiger partial charge in [0, 0.05) is 19.5 Å². The molecule has 0 bridgehead atoms. The van der Waals surface area contributed by atoms with Crippen LogP contribution in [0.15, 0.2) is 18.2 Å². The smallest absolute Gasteiger partial charge is 0.310 e. The molecular weight excluding hydrogens is 352 g/mol. The Morgan fingerprint density at radius 2 is 1.89 bits per heavy atom. The summed E-state index contributed by atoms with van der Waals surface area (Å²) in [6, 6.07) is 5.14. The monoisotopic (exact) mass is 378 g/mol. The van der Waals surface area contributed by atoms with E-state index in [4.69, 9.17) is 9.47 Å². The first-order valence-electron chi connectivity index (χ1n) is 8.96. The maximum atomic E-state index is 12.1. The van der Waals surface area contributed by atoms with E-state index in [0.29, 0.717) is 30.9 Å². The number of benzene rings is 1. The van der Waals surface area contributed by atoms with Crippen LogP contribution in [0.5, 0.6) is 11.5 Å². The summed E-state index contributed by atoms with van der Waals surface area (Å²) in [5.74, 6) is -0.531. The summed E-state index contributed by atoms with van der Waals surface area (Å²) in [6.45, 7) is 2.49. The average Bonchev–Trinajstić information content (AvgIpc) is 2.61. The minimum atomic E-state index is -0.904. The van der Waals surface area contributed by atoms with Crippen LogP contribution in [-0.2, 0) is 20.9 Å². The van der Waals surface area contributed by atoms with Crippen molar-refractivity contribution in [3.05, 3.63) is 23.8 Å². The second-order valence-corrected chi connectivity index (χ2v) is 6.62. The zero-order valence-corrected chi connectivity index (χ0v) is 15.7. The van der Waals surface area contributed by atoms with Crippen LogP contribution in [0.2, 0.25) is 0 Å². The molecule has 0 aliphatic heterocycles. The Morgan fingerprint density at radius 1 is 1.15 bits per heavy atom. The molecule has 0 unspecified atom stereocenters. The van der Waals surface area contributed by atoms with Gasteiger partial charge in [-0.2, -0.15) is 0 Å². The van der Waals surface area contributed by atoms with Gasteiger partial charge in [0.2, 0.25) is 5.91 Å². The Labute approximate surface area is 158 Å². The topological polar surface area (TPSA) is 114 Å². The van der Waals surface area contributed by atoms with Gasteiger partial charge in [-0.3, -0.25) is 14.4 Å². The zero-order chi connectivity index (χ0) is 19.9. The summed E-state index contributed by atoms with van der Waals surface area (Å²) in [5.41, 5.74) is -0.123. The highest BCUT2D eigenvalue weighted by Gasteiger charge is 2.45. The summed E-state index contributed by atoms with van der Waals surface area (Å²) >= 11 is 0. The molecule has 0 spiro atoms. The number of nitrogens with one attached hydrogen (secondary N) is 2. The molecule has 1 aromatic rings. The Kier molecular flexibility index (Phi) is 7.04. The molecule has 1 fully saturated rings. The van der Waals surface area contributed by atoms with Gasteiger partial charge in [0.05, 0.1) is 12.5 Å². The maximum absolute atomic E-state index is 12.1. The van der Waals surface area contributed by atoms with E-state index in [9.17, 15) is 19.5 Å². The molecule has 0 aromatic heterocycles. The number of ether oxygens (including phenoxy) is 2. The number of carbonyl (C=O) groups excluding carboxylic acids is 2. The highest BCUT2D eigenvalue weighted by molar-refractivity contribution is 5.85. The predicted octanol–water partition coefficient (Wildman–Crippen LogP) is 1.47. The summed E-state index contributed by atoms with van der Waals surface area (Å²) in [6.07, 6.45) is 1.92. The Hall–Kier alpha value is -2.77. The molecule has 1 aliphatic carbocycles. The van der Waals surface area contributed by atoms with Gasteiger partial charge in [-0.25, -0.2) is 0 Å². The molecular formula is C19H26N2O6. The van der Waals surface area contributed by atoms with Crippen LogP contribution < -0.4 is 20.1 Å². The normalized spacial score (nSPS) is 14.6. The van der Waals surface area contributed by atoms with Gasteiger partial charge in [-0.15, -0.1) is 0 Å². The molecule has 2 rings (SSSR count). The first-order valence-corrected chi connectivity index (χ1v) is 8.96. The molecule has 8 heteroatoms. The van der Waals surface area contributed by atoms with E-state index in [1.807, 2.05) is 6.92 Å². The average molecular weight is 378 g/mol. The summed E-state index contributed by atoms with van der Waals surface area (Å²) < 4.78 is 10.7. The number of hydrogen-bond donors (Lipinski definition) is 3. The minimum Gasteiger partial charge on any atom is -0.493 e. The highest BCUT2D eigenvalue weighted by Crippen LogP contribution is 2.44. The van der Waals surface area contributed by atoms with Crippen LogP contribution in [0, 0.1) is 5.41 Å². The number of carbonyl (C=O) groups is 3. The SMILES string of the molecule is CCNC(=O)COc1ccc(CNC(=O)CC2(C(=O)O)CCC2)cc1OC. The van der Waals surface area contributed by atoms with Gasteiger partial charge in [0.15, 0.2) is 18.1 Å². The minimum absolute atomic E-state index is 0.00674. The van der Waals surface area contributed by atoms with E-state index >= 15 is 0 Å². The van der Waals surface area contributed by atoms with E-state index in [-0.39, 0.29) is 31.4 Å². The van der Waals surface area contributed by atoms with Crippen LogP contribution in [-0.4, -0.2) is 43.2 Å². The maximum Gasteiger partial charge on any atom is 0.310 e. The number of carboxylic acids is 1. The molecule has 8 nitrogen and oxygen atoms in total. The Morgan fingerprint density at radius 3 is 2.44 bits per heavy atom. The summed E-state index contributed by atoms with van der Waals surface area (Å²) in [7, 11) is 1.49. The van der Waals surface area contributed by atoms with Gasteiger partial charge in [-0.05, 0) is 37.5 Å². The van der Waals surface area contributed by atoms with Crippen molar-refractivity contribution in [2.24, 2.45) is 5.41 Å². The molecule has 0 atom stereocenters. The van der Waals surface area contributed by atoms with Crippen molar-refractivity contribution in [2.75, 3.05) is 20.3 Å². The van der Waals surface area contributed by atoms with E-state index in [2.05, 4.69) is 10.6 Å². The largest absolute Gasteiger partial charge is 0.493 e. The number of rotatable bonds is 10. The highest BCUT2D eigenvalue weighted by atomic mass is 16.5. The molecule has 27 heavy (non-hydrogen) atoms. The standard InChI is InChI=1S/C19H26N2O6/c1-3-20-17(23)12-27-14-6-5-13(9-15(14)26-2)11-21-16(22)10-19(18(24)25)7-4-8-19/h5-6,9H,3-4,7-8,10-12H2,1-2H3,(H,20,23)(H,21,22)(H,24,25). The van der Waals surface area contributed by atoms with E-state index < -0.39 is 11.4 Å². The Balaban J connectivity index is 1.90. The molecule has 1 aliphatic rings. The van der Waals surface area contributed by atoms with Crippen molar-refractivity contribution in [2.45, 2.75) is 39.2 Å². The molecule has 1 aromatic carbocycles. The molecule has 2 amide bonds. The van der Waals surface area contributed by atoms with Crippen molar-refractivity contribution in [1.29, 1.82) is 0 Å². The lowest BCUT2D eigenvalue weighted by molar-refractivity contribution is -0.157. The zero-order valence-electron chi connectivity index (χ0n) is 15.7. The lowest BCUT2D eigenvalue weighted by atomic mass is 9.66. The van der Waals surface area contributed by atoms with Gasteiger partial charge in [0.1, 0.15) is 0 Å². The third kappa shape index (κ3) is 5.35. The van der Waals surface area contributed by atoms with Crippen molar-refractivity contribution in [3.8, 4) is 11.5 Å². The number of aliphatic carboxylic acids is 1. The first kappa shape index (κ1) is 20.5. The molecule has 1 saturated carbocycles. The predicted molar refractivity (Wildman–Crippen MR) is 97.6 cm³/mol. The van der Waals surface area contributed by atoms with Gasteiger partial charge in [-0.1, -0.05) is 12.5 Å². The summed E-state index contributed by atoms with van der Waals surface area (Å²) in [5, 5.41) is 14.7. The number of amides is 2. The van der Waals surface area contributed by atoms with E-state index in [1.54, 1.807) is 18.2 Å². The van der Waals surface area contributed by atoms with Crippen molar-refractivity contribution < 1.29 is 29.0 Å². The van der Waals surface area contributed by atoms with Crippen molar-refractivity contribution in [1.82, 2.24) is 10.6 Å². The number of hydrogen-bond acceptors (Lipinski definition) is 5. The fourth-order valence-corrected chi connectivity index (χ4v) is 2.97. The second-order valence-electron chi connectivity index (χ2n) is 6.62. The molecule has 0 saturated heterocycles. The van der Waals surface area contributed by atoms with Crippen molar-refractivity contribution >= 4 is 17.8 Å². The van der Waals surface area contributed by atoms with Crippen LogP contribution in [0.4, 0.5) is 0 Å². The van der Waals surface area contributed by atoms with Gasteiger partial charge < -0.3 is 25.2 Å². The number of carboxylic acid groups (broad SMARTS) is 1. The summed E-state index contributed by atoms with van der Waals surface area (Å²) in [4.78, 5) is 34.9. The molecule has 0 radical (unpaired) electrons. The van der Waals surface area contributed by atoms with Crippen LogP contribution >= 0.6 is 0 Å². The third-order valence-corrected chi connectivity index (χ3v) is 4.71. The molecule has 0 heterocycles. The third-order valence-electron chi connectivity index (χ3n) is 4.71. The van der Waals surface area contributed by atoms with E-state index in [0.717, 1.165) is 12.0 Å². The number of likely N-dealkylation sites (N-methyl/N-ethyl adjacent to an activating group) is 1. The van der Waals surface area contributed by atoms with Crippen molar-refractivity contribution in [3.63, 3.8) is 0 Å². The molecule has 3 N–H and O–H groups in total. The number of methoxy groups -OCH3 is 1. The lowest BCUT2D eigenvalue weighted by Gasteiger charge is -2.36. The Bertz CT molecular complexity index is 699. The fourth-order valence-electron chi connectivity index (χ4n) is 2.97. The quantitative estimate of drug-likeness (QED) is 0.568. The first-order chi connectivity index (χ1) is 12.9.